The second kappa shape index (κ2) is 11.0. The van der Waals surface area contributed by atoms with Gasteiger partial charge in [-0.25, -0.2) is 4.39 Å². The van der Waals surface area contributed by atoms with Gasteiger partial charge < -0.3 is 5.32 Å². The second-order valence-electron chi connectivity index (χ2n) is 8.51. The molecule has 0 bridgehead atoms. The molecule has 2 atom stereocenters. The minimum atomic E-state index is -0.162. The van der Waals surface area contributed by atoms with Crippen LogP contribution in [0.1, 0.15) is 42.1 Å². The molecule has 32 heavy (non-hydrogen) atoms. The first kappa shape index (κ1) is 22.2. The van der Waals surface area contributed by atoms with Crippen LogP contribution in [0.5, 0.6) is 0 Å². The summed E-state index contributed by atoms with van der Waals surface area (Å²) in [6, 6.07) is 22.7. The Morgan fingerprint density at radius 2 is 1.84 bits per heavy atom. The average molecular weight is 432 g/mol. The van der Waals surface area contributed by atoms with E-state index >= 15 is 0 Å². The highest BCUT2D eigenvalue weighted by molar-refractivity contribution is 5.76. The fraction of sp³-hybridized carbons (Fsp3) is 0.333. The number of halogens is 1. The molecule has 0 radical (unpaired) electrons. The lowest BCUT2D eigenvalue weighted by Crippen LogP contribution is -2.43. The van der Waals surface area contributed by atoms with Crippen LogP contribution in [0.3, 0.4) is 0 Å². The van der Waals surface area contributed by atoms with E-state index in [4.69, 9.17) is 0 Å². The van der Waals surface area contributed by atoms with E-state index in [1.165, 1.54) is 6.07 Å². The number of carbonyl (C=O) groups is 1. The van der Waals surface area contributed by atoms with Crippen molar-refractivity contribution in [1.29, 1.82) is 0 Å². The van der Waals surface area contributed by atoms with Crippen LogP contribution >= 0.6 is 0 Å². The van der Waals surface area contributed by atoms with E-state index in [0.29, 0.717) is 19.4 Å². The number of nitrogens with one attached hydrogen (secondary N) is 1. The maximum Gasteiger partial charge on any atom is 0.220 e. The normalized spacial score (nSPS) is 17.6. The van der Waals surface area contributed by atoms with Gasteiger partial charge in [0.05, 0.1) is 11.7 Å². The molecule has 4 rings (SSSR count). The SMILES string of the molecule is O=C(CCc1ccccc1)N[C@H](c1ccccn1)[C@H]1CCCN(Cc2ccccc2F)C1. The zero-order chi connectivity index (χ0) is 22.2. The number of aromatic nitrogens is 1. The fourth-order valence-electron chi connectivity index (χ4n) is 4.52. The minimum Gasteiger partial charge on any atom is -0.347 e. The Balaban J connectivity index is 1.44. The summed E-state index contributed by atoms with van der Waals surface area (Å²) in [6.45, 7) is 2.32. The molecule has 2 aromatic carbocycles. The summed E-state index contributed by atoms with van der Waals surface area (Å²) in [5, 5.41) is 3.27. The van der Waals surface area contributed by atoms with Crippen LogP contribution in [0.2, 0.25) is 0 Å². The van der Waals surface area contributed by atoms with Gasteiger partial charge in [-0.3, -0.25) is 14.7 Å². The maximum atomic E-state index is 14.2. The summed E-state index contributed by atoms with van der Waals surface area (Å²) < 4.78 is 14.2. The van der Waals surface area contributed by atoms with E-state index in [0.717, 1.165) is 42.8 Å². The molecule has 1 aromatic heterocycles. The molecule has 1 aliphatic heterocycles. The van der Waals surface area contributed by atoms with E-state index in [2.05, 4.69) is 15.2 Å². The third-order valence-electron chi connectivity index (χ3n) is 6.17. The van der Waals surface area contributed by atoms with Gasteiger partial charge in [-0.2, -0.15) is 0 Å². The number of pyridine rings is 1. The Labute approximate surface area is 189 Å². The van der Waals surface area contributed by atoms with Crippen molar-refractivity contribution in [2.45, 2.75) is 38.3 Å². The molecule has 1 N–H and O–H groups in total. The summed E-state index contributed by atoms with van der Waals surface area (Å²) in [5.74, 6) is 0.104. The number of carbonyl (C=O) groups excluding carboxylic acids is 1. The van der Waals surface area contributed by atoms with Gasteiger partial charge in [-0.15, -0.1) is 0 Å². The molecular formula is C27H30FN3O. The highest BCUT2D eigenvalue weighted by Crippen LogP contribution is 2.30. The number of hydrogen-bond acceptors (Lipinski definition) is 3. The molecule has 0 spiro atoms. The van der Waals surface area contributed by atoms with Crippen molar-refractivity contribution in [2.75, 3.05) is 13.1 Å². The molecule has 2 heterocycles. The first-order chi connectivity index (χ1) is 15.7. The van der Waals surface area contributed by atoms with Crippen molar-refractivity contribution in [3.63, 3.8) is 0 Å². The number of aryl methyl sites for hydroxylation is 1. The number of nitrogens with zero attached hydrogens (tertiary/aromatic N) is 2. The summed E-state index contributed by atoms with van der Waals surface area (Å²) >= 11 is 0. The zero-order valence-corrected chi connectivity index (χ0v) is 18.3. The van der Waals surface area contributed by atoms with Crippen molar-refractivity contribution < 1.29 is 9.18 Å². The lowest BCUT2D eigenvalue weighted by Gasteiger charge is -2.37. The number of likely N-dealkylation sites (tertiary alicyclic amines) is 1. The van der Waals surface area contributed by atoms with Gasteiger partial charge in [-0.05, 0) is 55.5 Å². The van der Waals surface area contributed by atoms with Gasteiger partial charge in [0.15, 0.2) is 0 Å². The van der Waals surface area contributed by atoms with E-state index in [-0.39, 0.29) is 23.7 Å². The second-order valence-corrected chi connectivity index (χ2v) is 8.51. The van der Waals surface area contributed by atoms with Crippen LogP contribution in [0.25, 0.3) is 0 Å². The molecule has 0 unspecified atom stereocenters. The lowest BCUT2D eigenvalue weighted by atomic mass is 9.88. The molecule has 0 aliphatic carbocycles. The first-order valence-electron chi connectivity index (χ1n) is 11.4. The van der Waals surface area contributed by atoms with Crippen LogP contribution in [-0.4, -0.2) is 28.9 Å². The molecule has 0 saturated carbocycles. The van der Waals surface area contributed by atoms with Crippen molar-refractivity contribution >= 4 is 5.91 Å². The van der Waals surface area contributed by atoms with Gasteiger partial charge in [0.1, 0.15) is 5.82 Å². The van der Waals surface area contributed by atoms with Crippen LogP contribution < -0.4 is 5.32 Å². The van der Waals surface area contributed by atoms with Gasteiger partial charge in [-0.1, -0.05) is 54.6 Å². The molecule has 1 saturated heterocycles. The quantitative estimate of drug-likeness (QED) is 0.550. The molecular weight excluding hydrogens is 401 g/mol. The number of benzene rings is 2. The first-order valence-corrected chi connectivity index (χ1v) is 11.4. The molecule has 4 nitrogen and oxygen atoms in total. The van der Waals surface area contributed by atoms with Crippen molar-refractivity contribution in [3.8, 4) is 0 Å². The van der Waals surface area contributed by atoms with Crippen LogP contribution in [0.4, 0.5) is 4.39 Å². The number of piperidine rings is 1. The summed E-state index contributed by atoms with van der Waals surface area (Å²) in [7, 11) is 0. The predicted molar refractivity (Wildman–Crippen MR) is 124 cm³/mol. The number of rotatable bonds is 8. The predicted octanol–water partition coefficient (Wildman–Crippen LogP) is 4.92. The van der Waals surface area contributed by atoms with Crippen LogP contribution in [-0.2, 0) is 17.8 Å². The largest absolute Gasteiger partial charge is 0.347 e. The zero-order valence-electron chi connectivity index (χ0n) is 18.3. The number of amides is 1. The Hall–Kier alpha value is -3.05. The van der Waals surface area contributed by atoms with E-state index in [9.17, 15) is 9.18 Å². The maximum absolute atomic E-state index is 14.2. The fourth-order valence-corrected chi connectivity index (χ4v) is 4.52. The summed E-state index contributed by atoms with van der Waals surface area (Å²) in [4.78, 5) is 19.7. The third kappa shape index (κ3) is 6.01. The molecule has 1 fully saturated rings. The van der Waals surface area contributed by atoms with Crippen molar-refractivity contribution in [2.24, 2.45) is 5.92 Å². The van der Waals surface area contributed by atoms with Gasteiger partial charge in [0.2, 0.25) is 5.91 Å². The monoisotopic (exact) mass is 431 g/mol. The lowest BCUT2D eigenvalue weighted by molar-refractivity contribution is -0.122. The average Bonchev–Trinajstić information content (AvgIpc) is 2.84. The molecule has 5 heteroatoms. The molecule has 166 valence electrons. The standard InChI is InChI=1S/C27H30FN3O/c28-24-13-5-4-11-22(24)19-31-18-8-12-23(20-31)27(25-14-6-7-17-29-25)30-26(32)16-15-21-9-2-1-3-10-21/h1-7,9-11,13-14,17,23,27H,8,12,15-16,18-20H2,(H,30,32)/t23-,27-/m0/s1. The Morgan fingerprint density at radius 3 is 2.62 bits per heavy atom. The van der Waals surface area contributed by atoms with E-state index in [1.807, 2.05) is 60.7 Å². The van der Waals surface area contributed by atoms with Gasteiger partial charge in [0.25, 0.3) is 0 Å². The Bertz CT molecular complexity index is 996. The topological polar surface area (TPSA) is 45.2 Å². The summed E-state index contributed by atoms with van der Waals surface area (Å²) in [5.41, 5.74) is 2.76. The van der Waals surface area contributed by atoms with Crippen LogP contribution in [0.15, 0.2) is 79.0 Å². The van der Waals surface area contributed by atoms with Gasteiger partial charge >= 0.3 is 0 Å². The molecule has 1 aliphatic rings. The molecule has 1 amide bonds. The summed E-state index contributed by atoms with van der Waals surface area (Å²) in [6.07, 6.45) is 4.96. The van der Waals surface area contributed by atoms with Crippen LogP contribution in [0, 0.1) is 11.7 Å². The smallest absolute Gasteiger partial charge is 0.220 e. The minimum absolute atomic E-state index is 0.0377. The Morgan fingerprint density at radius 1 is 1.06 bits per heavy atom. The van der Waals surface area contributed by atoms with Crippen molar-refractivity contribution in [3.05, 3.63) is 102 Å². The molecule has 3 aromatic rings. The highest BCUT2D eigenvalue weighted by Gasteiger charge is 2.30. The van der Waals surface area contributed by atoms with E-state index in [1.54, 1.807) is 12.3 Å². The highest BCUT2D eigenvalue weighted by atomic mass is 19.1. The number of hydrogen-bond donors (Lipinski definition) is 1. The van der Waals surface area contributed by atoms with E-state index < -0.39 is 0 Å². The van der Waals surface area contributed by atoms with Gasteiger partial charge in [0, 0.05) is 31.3 Å². The van der Waals surface area contributed by atoms with Crippen molar-refractivity contribution in [1.82, 2.24) is 15.2 Å². The third-order valence-corrected chi connectivity index (χ3v) is 6.17. The Kier molecular flexibility index (Phi) is 7.62.